The van der Waals surface area contributed by atoms with Gasteiger partial charge in [0, 0.05) is 40.6 Å². The molecule has 3 aromatic rings. The number of nitrogens with one attached hydrogen (secondary N) is 1. The highest BCUT2D eigenvalue weighted by Gasteiger charge is 2.27. The number of aromatic amines is 1. The highest BCUT2D eigenvalue weighted by Crippen LogP contribution is 2.28. The lowest BCUT2D eigenvalue weighted by Gasteiger charge is -2.20. The number of H-pyrrole nitrogens is 1. The SMILES string of the molecule is Cc1ccc2[nH]c3c(c2c1)CCN(S(=O)(=O)c1ccc(Br)cc1)CC3. The molecule has 4 rings (SSSR count). The number of fused-ring (bicyclic) bond motifs is 3. The van der Waals surface area contributed by atoms with E-state index in [1.54, 1.807) is 28.6 Å². The maximum absolute atomic E-state index is 12.9. The Bertz CT molecular complexity index is 1040. The van der Waals surface area contributed by atoms with Gasteiger partial charge in [-0.1, -0.05) is 27.6 Å². The standard InChI is InChI=1S/C19H19BrN2O2S/c1-13-2-7-18-17(12-13)16-8-10-22(11-9-19(16)21-18)25(23,24)15-5-3-14(20)4-6-15/h2-7,12,21H,8-11H2,1H3. The van der Waals surface area contributed by atoms with Gasteiger partial charge in [0.15, 0.2) is 0 Å². The third-order valence-electron chi connectivity index (χ3n) is 4.82. The van der Waals surface area contributed by atoms with Crippen LogP contribution in [0.1, 0.15) is 16.8 Å². The fourth-order valence-corrected chi connectivity index (χ4v) is 5.20. The first-order chi connectivity index (χ1) is 11.9. The molecule has 6 heteroatoms. The molecule has 0 atom stereocenters. The molecular weight excluding hydrogens is 400 g/mol. The summed E-state index contributed by atoms with van der Waals surface area (Å²) in [5, 5.41) is 1.22. The monoisotopic (exact) mass is 418 g/mol. The molecule has 0 saturated heterocycles. The molecule has 1 aliphatic rings. The van der Waals surface area contributed by atoms with Gasteiger partial charge in [0.2, 0.25) is 10.0 Å². The average molecular weight is 419 g/mol. The highest BCUT2D eigenvalue weighted by molar-refractivity contribution is 9.10. The molecule has 1 aliphatic heterocycles. The number of aromatic nitrogens is 1. The van der Waals surface area contributed by atoms with Crippen molar-refractivity contribution in [3.8, 4) is 0 Å². The van der Waals surface area contributed by atoms with Gasteiger partial charge < -0.3 is 4.98 Å². The zero-order chi connectivity index (χ0) is 17.6. The van der Waals surface area contributed by atoms with Crippen LogP contribution in [0, 0.1) is 6.92 Å². The van der Waals surface area contributed by atoms with Gasteiger partial charge in [-0.2, -0.15) is 4.31 Å². The van der Waals surface area contributed by atoms with Crippen LogP contribution in [0.2, 0.25) is 0 Å². The summed E-state index contributed by atoms with van der Waals surface area (Å²) in [6.45, 7) is 3.09. The number of halogens is 1. The first-order valence-corrected chi connectivity index (χ1v) is 10.5. The van der Waals surface area contributed by atoms with Crippen LogP contribution in [0.15, 0.2) is 51.8 Å². The van der Waals surface area contributed by atoms with E-state index in [2.05, 4.69) is 46.0 Å². The maximum Gasteiger partial charge on any atom is 0.243 e. The summed E-state index contributed by atoms with van der Waals surface area (Å²) in [7, 11) is -3.46. The maximum atomic E-state index is 12.9. The predicted molar refractivity (Wildman–Crippen MR) is 103 cm³/mol. The Labute approximate surface area is 156 Å². The Morgan fingerprint density at radius 3 is 2.52 bits per heavy atom. The quantitative estimate of drug-likeness (QED) is 0.682. The molecule has 0 aliphatic carbocycles. The van der Waals surface area contributed by atoms with Gasteiger partial charge in [-0.15, -0.1) is 0 Å². The van der Waals surface area contributed by atoms with Crippen molar-refractivity contribution in [1.29, 1.82) is 0 Å². The normalized spacial score (nSPS) is 15.9. The molecule has 25 heavy (non-hydrogen) atoms. The minimum atomic E-state index is -3.46. The van der Waals surface area contributed by atoms with Crippen LogP contribution in [0.4, 0.5) is 0 Å². The van der Waals surface area contributed by atoms with Crippen molar-refractivity contribution in [3.05, 3.63) is 63.8 Å². The number of hydrogen-bond donors (Lipinski definition) is 1. The first-order valence-electron chi connectivity index (χ1n) is 8.31. The fourth-order valence-electron chi connectivity index (χ4n) is 3.50. The molecule has 2 heterocycles. The van der Waals surface area contributed by atoms with Crippen LogP contribution in [-0.2, 0) is 22.9 Å². The van der Waals surface area contributed by atoms with Gasteiger partial charge in [-0.25, -0.2) is 8.42 Å². The molecule has 0 spiro atoms. The van der Waals surface area contributed by atoms with Crippen LogP contribution in [0.5, 0.6) is 0 Å². The molecule has 0 amide bonds. The lowest BCUT2D eigenvalue weighted by atomic mass is 10.1. The van der Waals surface area contributed by atoms with E-state index in [0.29, 0.717) is 24.4 Å². The molecule has 2 aromatic carbocycles. The van der Waals surface area contributed by atoms with E-state index in [1.165, 1.54) is 16.5 Å². The average Bonchev–Trinajstić information content (AvgIpc) is 2.78. The third kappa shape index (κ3) is 3.03. The van der Waals surface area contributed by atoms with Crippen molar-refractivity contribution in [1.82, 2.24) is 9.29 Å². The van der Waals surface area contributed by atoms with Crippen LogP contribution in [-0.4, -0.2) is 30.8 Å². The second-order valence-electron chi connectivity index (χ2n) is 6.49. The molecule has 0 saturated carbocycles. The van der Waals surface area contributed by atoms with Crippen molar-refractivity contribution >= 4 is 36.9 Å². The van der Waals surface area contributed by atoms with Gasteiger partial charge >= 0.3 is 0 Å². The first kappa shape index (κ1) is 16.8. The van der Waals surface area contributed by atoms with Gasteiger partial charge in [0.25, 0.3) is 0 Å². The van der Waals surface area contributed by atoms with E-state index in [0.717, 1.165) is 22.1 Å². The number of benzene rings is 2. The zero-order valence-corrected chi connectivity index (χ0v) is 16.3. The molecular formula is C19H19BrN2O2S. The van der Waals surface area contributed by atoms with Crippen LogP contribution < -0.4 is 0 Å². The van der Waals surface area contributed by atoms with E-state index < -0.39 is 10.0 Å². The molecule has 0 fully saturated rings. The molecule has 0 unspecified atom stereocenters. The van der Waals surface area contributed by atoms with Gasteiger partial charge in [0.05, 0.1) is 4.90 Å². The van der Waals surface area contributed by atoms with Gasteiger partial charge in [0.1, 0.15) is 0 Å². The Hall–Kier alpha value is -1.63. The predicted octanol–water partition coefficient (Wildman–Crippen LogP) is 4.03. The summed E-state index contributed by atoms with van der Waals surface area (Å²) in [6.07, 6.45) is 1.44. The third-order valence-corrected chi connectivity index (χ3v) is 7.27. The van der Waals surface area contributed by atoms with Crippen molar-refractivity contribution in [2.45, 2.75) is 24.7 Å². The molecule has 1 aromatic heterocycles. The van der Waals surface area contributed by atoms with Gasteiger partial charge in [-0.3, -0.25) is 0 Å². The van der Waals surface area contributed by atoms with E-state index in [9.17, 15) is 8.42 Å². The topological polar surface area (TPSA) is 53.2 Å². The fraction of sp³-hybridized carbons (Fsp3) is 0.263. The summed E-state index contributed by atoms with van der Waals surface area (Å²) in [5.74, 6) is 0. The molecule has 4 nitrogen and oxygen atoms in total. The molecule has 0 radical (unpaired) electrons. The summed E-state index contributed by atoms with van der Waals surface area (Å²) in [5.41, 5.74) is 4.78. The number of aryl methyl sites for hydroxylation is 1. The number of rotatable bonds is 2. The smallest absolute Gasteiger partial charge is 0.243 e. The van der Waals surface area contributed by atoms with Gasteiger partial charge in [-0.05, 0) is 55.3 Å². The second kappa shape index (κ2) is 6.27. The lowest BCUT2D eigenvalue weighted by molar-refractivity contribution is 0.426. The van der Waals surface area contributed by atoms with E-state index in [-0.39, 0.29) is 0 Å². The van der Waals surface area contributed by atoms with E-state index >= 15 is 0 Å². The number of sulfonamides is 1. The second-order valence-corrected chi connectivity index (χ2v) is 9.34. The molecule has 0 bridgehead atoms. The van der Waals surface area contributed by atoms with Crippen molar-refractivity contribution in [2.75, 3.05) is 13.1 Å². The molecule has 130 valence electrons. The summed E-state index contributed by atoms with van der Waals surface area (Å²) >= 11 is 3.35. The van der Waals surface area contributed by atoms with Crippen molar-refractivity contribution in [2.24, 2.45) is 0 Å². The summed E-state index contributed by atoms with van der Waals surface area (Å²) in [6, 6.07) is 13.2. The van der Waals surface area contributed by atoms with Crippen LogP contribution >= 0.6 is 15.9 Å². The largest absolute Gasteiger partial charge is 0.358 e. The lowest BCUT2D eigenvalue weighted by Crippen LogP contribution is -2.33. The molecule has 1 N–H and O–H groups in total. The Kier molecular flexibility index (Phi) is 4.22. The van der Waals surface area contributed by atoms with E-state index in [1.807, 2.05) is 0 Å². The Morgan fingerprint density at radius 1 is 1.04 bits per heavy atom. The number of hydrogen-bond acceptors (Lipinski definition) is 2. The van der Waals surface area contributed by atoms with Crippen LogP contribution in [0.25, 0.3) is 10.9 Å². The summed E-state index contributed by atoms with van der Waals surface area (Å²) < 4.78 is 28.4. The van der Waals surface area contributed by atoms with Crippen LogP contribution in [0.3, 0.4) is 0 Å². The minimum absolute atomic E-state index is 0.349. The van der Waals surface area contributed by atoms with Crippen molar-refractivity contribution in [3.63, 3.8) is 0 Å². The van der Waals surface area contributed by atoms with E-state index in [4.69, 9.17) is 0 Å². The minimum Gasteiger partial charge on any atom is -0.358 e. The summed E-state index contributed by atoms with van der Waals surface area (Å²) in [4.78, 5) is 3.82. The highest BCUT2D eigenvalue weighted by atomic mass is 79.9. The Morgan fingerprint density at radius 2 is 1.76 bits per heavy atom. The zero-order valence-electron chi connectivity index (χ0n) is 13.9. The Balaban J connectivity index is 1.65. The number of nitrogens with zero attached hydrogens (tertiary/aromatic N) is 1. The van der Waals surface area contributed by atoms with Crippen molar-refractivity contribution < 1.29 is 8.42 Å².